The molecule has 2 nitrogen and oxygen atoms in total. The Labute approximate surface area is 128 Å². The van der Waals surface area contributed by atoms with E-state index < -0.39 is 0 Å². The van der Waals surface area contributed by atoms with Crippen molar-refractivity contribution in [3.63, 3.8) is 0 Å². The van der Waals surface area contributed by atoms with Gasteiger partial charge in [0, 0.05) is 16.6 Å². The van der Waals surface area contributed by atoms with Crippen molar-refractivity contribution in [3.05, 3.63) is 56.7 Å². The van der Waals surface area contributed by atoms with Crippen LogP contribution in [0.4, 0.5) is 4.39 Å². The molecule has 0 fully saturated rings. The Bertz CT molecular complexity index is 602. The lowest BCUT2D eigenvalue weighted by atomic mass is 10.1. The fraction of sp³-hybridized carbons (Fsp3) is 0.143. The molecule has 2 rings (SSSR count). The first-order valence-corrected chi connectivity index (χ1v) is 7.24. The van der Waals surface area contributed by atoms with Gasteiger partial charge < -0.3 is 10.5 Å². The first-order valence-electron chi connectivity index (χ1n) is 5.65. The van der Waals surface area contributed by atoms with E-state index in [1.54, 1.807) is 12.1 Å². The van der Waals surface area contributed by atoms with E-state index in [-0.39, 0.29) is 11.9 Å². The number of benzene rings is 2. The van der Waals surface area contributed by atoms with Crippen LogP contribution >= 0.6 is 31.9 Å². The fourth-order valence-electron chi connectivity index (χ4n) is 1.62. The van der Waals surface area contributed by atoms with Gasteiger partial charge in [-0.1, -0.05) is 22.0 Å². The summed E-state index contributed by atoms with van der Waals surface area (Å²) >= 11 is 6.55. The van der Waals surface area contributed by atoms with E-state index in [2.05, 4.69) is 31.9 Å². The summed E-state index contributed by atoms with van der Waals surface area (Å²) < 4.78 is 20.3. The van der Waals surface area contributed by atoms with Gasteiger partial charge in [0.25, 0.3) is 0 Å². The third kappa shape index (κ3) is 3.55. The van der Waals surface area contributed by atoms with Crippen LogP contribution < -0.4 is 10.5 Å². The Morgan fingerprint density at radius 1 is 1.05 bits per heavy atom. The van der Waals surface area contributed by atoms with Crippen LogP contribution in [0.15, 0.2) is 45.3 Å². The van der Waals surface area contributed by atoms with Crippen LogP contribution in [0.3, 0.4) is 0 Å². The molecule has 0 saturated carbocycles. The van der Waals surface area contributed by atoms with Crippen LogP contribution in [0.2, 0.25) is 0 Å². The monoisotopic (exact) mass is 387 g/mol. The molecule has 2 N–H and O–H groups in total. The van der Waals surface area contributed by atoms with Gasteiger partial charge in [-0.25, -0.2) is 4.39 Å². The van der Waals surface area contributed by atoms with Crippen LogP contribution in [0, 0.1) is 5.82 Å². The summed E-state index contributed by atoms with van der Waals surface area (Å²) in [7, 11) is 0. The van der Waals surface area contributed by atoms with Crippen molar-refractivity contribution in [3.8, 4) is 11.5 Å². The standard InChI is InChI=1S/C14H12Br2FNO/c1-8(18)11-4-2-9(6-13(11)16)19-10-3-5-12(15)14(17)7-10/h2-8H,18H2,1H3. The minimum atomic E-state index is -0.358. The lowest BCUT2D eigenvalue weighted by Crippen LogP contribution is -2.05. The molecule has 0 aliphatic carbocycles. The Hall–Kier alpha value is -0.910. The molecule has 1 unspecified atom stereocenters. The van der Waals surface area contributed by atoms with Gasteiger partial charge in [-0.3, -0.25) is 0 Å². The average Bonchev–Trinajstić information content (AvgIpc) is 2.33. The summed E-state index contributed by atoms with van der Waals surface area (Å²) in [4.78, 5) is 0. The van der Waals surface area contributed by atoms with Gasteiger partial charge in [0.05, 0.1) is 4.47 Å². The highest BCUT2D eigenvalue weighted by atomic mass is 79.9. The molecule has 2 aromatic rings. The smallest absolute Gasteiger partial charge is 0.141 e. The second-order valence-corrected chi connectivity index (χ2v) is 5.86. The molecular formula is C14H12Br2FNO. The molecule has 0 radical (unpaired) electrons. The fourth-order valence-corrected chi connectivity index (χ4v) is 2.58. The van der Waals surface area contributed by atoms with Crippen molar-refractivity contribution in [1.29, 1.82) is 0 Å². The summed E-state index contributed by atoms with van der Waals surface area (Å²) in [5, 5.41) is 0. The highest BCUT2D eigenvalue weighted by Gasteiger charge is 2.08. The summed E-state index contributed by atoms with van der Waals surface area (Å²) in [6.07, 6.45) is 0. The summed E-state index contributed by atoms with van der Waals surface area (Å²) in [6, 6.07) is 10.1. The zero-order chi connectivity index (χ0) is 14.0. The van der Waals surface area contributed by atoms with Gasteiger partial charge in [0.1, 0.15) is 17.3 Å². The number of halogens is 3. The number of rotatable bonds is 3. The summed E-state index contributed by atoms with van der Waals surface area (Å²) in [5.41, 5.74) is 6.82. The predicted octanol–water partition coefficient (Wildman–Crippen LogP) is 5.16. The first kappa shape index (κ1) is 14.5. The second-order valence-electron chi connectivity index (χ2n) is 4.15. The van der Waals surface area contributed by atoms with Gasteiger partial charge in [0.2, 0.25) is 0 Å². The minimum Gasteiger partial charge on any atom is -0.457 e. The van der Waals surface area contributed by atoms with Crippen molar-refractivity contribution in [2.24, 2.45) is 5.73 Å². The van der Waals surface area contributed by atoms with E-state index in [1.165, 1.54) is 6.07 Å². The first-order chi connectivity index (χ1) is 8.97. The maximum atomic E-state index is 13.4. The molecular weight excluding hydrogens is 377 g/mol. The van der Waals surface area contributed by atoms with E-state index in [0.29, 0.717) is 16.0 Å². The Balaban J connectivity index is 2.24. The quantitative estimate of drug-likeness (QED) is 0.787. The minimum absolute atomic E-state index is 0.0615. The normalized spacial score (nSPS) is 12.3. The van der Waals surface area contributed by atoms with Crippen molar-refractivity contribution in [2.75, 3.05) is 0 Å². The van der Waals surface area contributed by atoms with Crippen LogP contribution in [-0.2, 0) is 0 Å². The maximum absolute atomic E-state index is 13.4. The molecule has 0 spiro atoms. The molecule has 100 valence electrons. The van der Waals surface area contributed by atoms with Crippen LogP contribution in [0.5, 0.6) is 11.5 Å². The number of hydrogen-bond acceptors (Lipinski definition) is 2. The maximum Gasteiger partial charge on any atom is 0.141 e. The molecule has 0 amide bonds. The highest BCUT2D eigenvalue weighted by Crippen LogP contribution is 2.30. The topological polar surface area (TPSA) is 35.2 Å². The van der Waals surface area contributed by atoms with Gasteiger partial charge in [-0.15, -0.1) is 0 Å². The third-order valence-electron chi connectivity index (χ3n) is 2.59. The number of nitrogens with two attached hydrogens (primary N) is 1. The van der Waals surface area contributed by atoms with Crippen molar-refractivity contribution in [2.45, 2.75) is 13.0 Å². The summed E-state index contributed by atoms with van der Waals surface area (Å²) in [6.45, 7) is 1.91. The van der Waals surface area contributed by atoms with Gasteiger partial charge in [0.15, 0.2) is 0 Å². The molecule has 19 heavy (non-hydrogen) atoms. The Kier molecular flexibility index (Phi) is 4.60. The van der Waals surface area contributed by atoms with Gasteiger partial charge in [-0.2, -0.15) is 0 Å². The van der Waals surface area contributed by atoms with Crippen molar-refractivity contribution in [1.82, 2.24) is 0 Å². The second kappa shape index (κ2) is 6.03. The highest BCUT2D eigenvalue weighted by molar-refractivity contribution is 9.10. The summed E-state index contributed by atoms with van der Waals surface area (Å²) in [5.74, 6) is 0.711. The van der Waals surface area contributed by atoms with E-state index in [9.17, 15) is 4.39 Å². The zero-order valence-corrected chi connectivity index (χ0v) is 13.3. The lowest BCUT2D eigenvalue weighted by Gasteiger charge is -2.11. The molecule has 1 atom stereocenters. The van der Waals surface area contributed by atoms with E-state index in [4.69, 9.17) is 10.5 Å². The molecule has 0 heterocycles. The largest absolute Gasteiger partial charge is 0.457 e. The molecule has 5 heteroatoms. The van der Waals surface area contributed by atoms with Crippen LogP contribution in [-0.4, -0.2) is 0 Å². The van der Waals surface area contributed by atoms with Gasteiger partial charge >= 0.3 is 0 Å². The molecule has 0 saturated heterocycles. The van der Waals surface area contributed by atoms with Crippen LogP contribution in [0.25, 0.3) is 0 Å². The Morgan fingerprint density at radius 3 is 2.26 bits per heavy atom. The number of hydrogen-bond donors (Lipinski definition) is 1. The van der Waals surface area contributed by atoms with E-state index >= 15 is 0 Å². The number of ether oxygens (including phenoxy) is 1. The SMILES string of the molecule is CC(N)c1ccc(Oc2ccc(Br)c(F)c2)cc1Br. The van der Waals surface area contributed by atoms with Crippen molar-refractivity contribution < 1.29 is 9.13 Å². The van der Waals surface area contributed by atoms with E-state index in [1.807, 2.05) is 25.1 Å². The molecule has 0 aromatic heterocycles. The van der Waals surface area contributed by atoms with Crippen molar-refractivity contribution >= 4 is 31.9 Å². The molecule has 0 aliphatic heterocycles. The average molecular weight is 389 g/mol. The molecule has 0 bridgehead atoms. The van der Waals surface area contributed by atoms with Gasteiger partial charge in [-0.05, 0) is 52.7 Å². The van der Waals surface area contributed by atoms with Crippen LogP contribution in [0.1, 0.15) is 18.5 Å². The molecule has 0 aliphatic rings. The molecule has 2 aromatic carbocycles. The predicted molar refractivity (Wildman–Crippen MR) is 80.9 cm³/mol. The third-order valence-corrected chi connectivity index (χ3v) is 3.92. The zero-order valence-electron chi connectivity index (χ0n) is 10.2. The lowest BCUT2D eigenvalue weighted by molar-refractivity contribution is 0.475. The Morgan fingerprint density at radius 2 is 1.68 bits per heavy atom. The van der Waals surface area contributed by atoms with E-state index in [0.717, 1.165) is 10.0 Å².